The van der Waals surface area contributed by atoms with Crippen LogP contribution in [0.2, 0.25) is 0 Å². The van der Waals surface area contributed by atoms with E-state index in [-0.39, 0.29) is 16.5 Å². The van der Waals surface area contributed by atoms with E-state index in [0.29, 0.717) is 27.2 Å². The highest BCUT2D eigenvalue weighted by molar-refractivity contribution is 8.26. The molecule has 0 unspecified atom stereocenters. The first-order chi connectivity index (χ1) is 17.3. The lowest BCUT2D eigenvalue weighted by Gasteiger charge is -2.28. The number of anilines is 1. The van der Waals surface area contributed by atoms with Crippen LogP contribution in [0.5, 0.6) is 0 Å². The van der Waals surface area contributed by atoms with Crippen molar-refractivity contribution in [3.63, 3.8) is 0 Å². The maximum atomic E-state index is 13.0. The Bertz CT molecular complexity index is 1370. The minimum absolute atomic E-state index is 0.113. The number of thiocarbonyl (C=S) groups is 1. The van der Waals surface area contributed by atoms with Crippen molar-refractivity contribution in [2.75, 3.05) is 18.0 Å². The van der Waals surface area contributed by atoms with E-state index in [1.54, 1.807) is 18.4 Å². The Balaban J connectivity index is 1.45. The van der Waals surface area contributed by atoms with E-state index in [1.807, 2.05) is 48.8 Å². The standard InChI is InChI=1S/C26H26N4O4S2/c1-17-13-19(14-24-25(31)28(26(35)36-24)16-21-7-6-12-34-21)18(2)29(17)20-8-9-22(23(15-20)30(32)33)27-10-4-3-5-11-27/h6-9,12-15H,3-5,10-11,16H2,1-2H3/b24-14-. The number of nitro benzene ring substituents is 1. The summed E-state index contributed by atoms with van der Waals surface area (Å²) in [6, 6.07) is 11.0. The number of nitrogens with zero attached hydrogens (tertiary/aromatic N) is 4. The highest BCUT2D eigenvalue weighted by atomic mass is 32.2. The van der Waals surface area contributed by atoms with Gasteiger partial charge in [0.2, 0.25) is 0 Å². The lowest BCUT2D eigenvalue weighted by atomic mass is 10.1. The van der Waals surface area contributed by atoms with Crippen molar-refractivity contribution in [3.05, 3.63) is 80.4 Å². The first-order valence-electron chi connectivity index (χ1n) is 11.8. The van der Waals surface area contributed by atoms with Crippen molar-refractivity contribution >= 4 is 51.7 Å². The molecular formula is C26H26N4O4S2. The van der Waals surface area contributed by atoms with E-state index in [4.69, 9.17) is 16.6 Å². The smallest absolute Gasteiger partial charge is 0.294 e. The van der Waals surface area contributed by atoms with Gasteiger partial charge in [0.25, 0.3) is 11.6 Å². The van der Waals surface area contributed by atoms with Gasteiger partial charge in [-0.05, 0) is 75.1 Å². The number of aryl methyl sites for hydroxylation is 1. The Morgan fingerprint density at radius 1 is 1.17 bits per heavy atom. The maximum Gasteiger partial charge on any atom is 0.294 e. The van der Waals surface area contributed by atoms with Crippen LogP contribution in [-0.2, 0) is 11.3 Å². The molecule has 2 saturated heterocycles. The zero-order valence-electron chi connectivity index (χ0n) is 20.1. The number of thioether (sulfide) groups is 1. The van der Waals surface area contributed by atoms with Crippen molar-refractivity contribution in [1.29, 1.82) is 0 Å². The third kappa shape index (κ3) is 4.58. The van der Waals surface area contributed by atoms with Gasteiger partial charge >= 0.3 is 0 Å². The number of hydrogen-bond donors (Lipinski definition) is 0. The van der Waals surface area contributed by atoms with Crippen molar-refractivity contribution in [2.24, 2.45) is 0 Å². The molecule has 186 valence electrons. The van der Waals surface area contributed by atoms with Crippen LogP contribution in [0.4, 0.5) is 11.4 Å². The second-order valence-electron chi connectivity index (χ2n) is 8.99. The van der Waals surface area contributed by atoms with Gasteiger partial charge in [-0.25, -0.2) is 0 Å². The van der Waals surface area contributed by atoms with E-state index in [9.17, 15) is 14.9 Å². The number of carbonyl (C=O) groups is 1. The fourth-order valence-corrected chi connectivity index (χ4v) is 6.11. The minimum Gasteiger partial charge on any atom is -0.467 e. The van der Waals surface area contributed by atoms with E-state index in [0.717, 1.165) is 55.0 Å². The second-order valence-corrected chi connectivity index (χ2v) is 10.7. The number of aromatic nitrogens is 1. The molecule has 0 bridgehead atoms. The first kappa shape index (κ1) is 24.3. The number of hydrogen-bond acceptors (Lipinski definition) is 7. The van der Waals surface area contributed by atoms with Crippen LogP contribution < -0.4 is 4.90 Å². The van der Waals surface area contributed by atoms with Gasteiger partial charge in [0.1, 0.15) is 15.8 Å². The van der Waals surface area contributed by atoms with Crippen molar-refractivity contribution in [3.8, 4) is 5.69 Å². The van der Waals surface area contributed by atoms with Gasteiger partial charge in [0.15, 0.2) is 0 Å². The molecule has 8 nitrogen and oxygen atoms in total. The number of rotatable bonds is 6. The molecule has 3 aromatic rings. The average Bonchev–Trinajstić information content (AvgIpc) is 3.55. The Labute approximate surface area is 218 Å². The molecule has 2 aromatic heterocycles. The normalized spacial score (nSPS) is 17.4. The maximum absolute atomic E-state index is 13.0. The topological polar surface area (TPSA) is 84.8 Å². The molecule has 0 spiro atoms. The SMILES string of the molecule is Cc1cc(/C=C2\SC(=S)N(Cc3ccco3)C2=O)c(C)n1-c1ccc(N2CCCCC2)c([N+](=O)[O-])c1. The van der Waals surface area contributed by atoms with E-state index >= 15 is 0 Å². The van der Waals surface area contributed by atoms with Crippen LogP contribution >= 0.6 is 24.0 Å². The number of piperidine rings is 1. The molecule has 0 radical (unpaired) electrons. The summed E-state index contributed by atoms with van der Waals surface area (Å²) in [5, 5.41) is 12.0. The molecule has 1 aromatic carbocycles. The van der Waals surface area contributed by atoms with E-state index in [2.05, 4.69) is 4.90 Å². The molecule has 0 N–H and O–H groups in total. The lowest BCUT2D eigenvalue weighted by Crippen LogP contribution is -2.30. The molecular weight excluding hydrogens is 496 g/mol. The van der Waals surface area contributed by atoms with Gasteiger partial charge in [-0.3, -0.25) is 19.8 Å². The summed E-state index contributed by atoms with van der Waals surface area (Å²) in [5.74, 6) is 0.507. The molecule has 4 heterocycles. The number of carbonyl (C=O) groups excluding carboxylic acids is 1. The van der Waals surface area contributed by atoms with Gasteiger partial charge in [-0.2, -0.15) is 0 Å². The predicted octanol–water partition coefficient (Wildman–Crippen LogP) is 5.99. The fraction of sp³-hybridized carbons (Fsp3) is 0.308. The number of nitro groups is 1. The summed E-state index contributed by atoms with van der Waals surface area (Å²) in [7, 11) is 0. The molecule has 5 rings (SSSR count). The van der Waals surface area contributed by atoms with Crippen LogP contribution in [0, 0.1) is 24.0 Å². The molecule has 36 heavy (non-hydrogen) atoms. The number of amides is 1. The lowest BCUT2D eigenvalue weighted by molar-refractivity contribution is -0.384. The zero-order valence-corrected chi connectivity index (χ0v) is 21.7. The summed E-state index contributed by atoms with van der Waals surface area (Å²) >= 11 is 6.71. The largest absolute Gasteiger partial charge is 0.467 e. The highest BCUT2D eigenvalue weighted by Gasteiger charge is 2.33. The molecule has 1 amide bonds. The van der Waals surface area contributed by atoms with Crippen LogP contribution in [0.3, 0.4) is 0 Å². The summed E-state index contributed by atoms with van der Waals surface area (Å²) in [6.45, 7) is 5.87. The summed E-state index contributed by atoms with van der Waals surface area (Å²) in [6.07, 6.45) is 6.67. The van der Waals surface area contributed by atoms with Gasteiger partial charge in [0, 0.05) is 30.5 Å². The van der Waals surface area contributed by atoms with Gasteiger partial charge in [-0.15, -0.1) is 0 Å². The van der Waals surface area contributed by atoms with Gasteiger partial charge < -0.3 is 13.9 Å². The molecule has 0 atom stereocenters. The molecule has 2 fully saturated rings. The third-order valence-corrected chi connectivity index (χ3v) is 8.01. The number of benzene rings is 1. The van der Waals surface area contributed by atoms with Crippen molar-refractivity contribution < 1.29 is 14.1 Å². The predicted molar refractivity (Wildman–Crippen MR) is 145 cm³/mol. The molecule has 10 heteroatoms. The minimum atomic E-state index is -0.299. The molecule has 2 aliphatic rings. The number of furan rings is 1. The Morgan fingerprint density at radius 3 is 2.64 bits per heavy atom. The summed E-state index contributed by atoms with van der Waals surface area (Å²) < 4.78 is 7.84. The van der Waals surface area contributed by atoms with Crippen molar-refractivity contribution in [1.82, 2.24) is 9.47 Å². The van der Waals surface area contributed by atoms with Gasteiger partial charge in [0.05, 0.1) is 28.3 Å². The van der Waals surface area contributed by atoms with E-state index in [1.165, 1.54) is 16.7 Å². The van der Waals surface area contributed by atoms with Crippen molar-refractivity contribution in [2.45, 2.75) is 39.7 Å². The van der Waals surface area contributed by atoms with Crippen LogP contribution in [0.15, 0.2) is 52.0 Å². The molecule has 2 aliphatic heterocycles. The fourth-order valence-electron chi connectivity index (χ4n) is 4.87. The second kappa shape index (κ2) is 9.94. The third-order valence-electron chi connectivity index (χ3n) is 6.64. The first-order valence-corrected chi connectivity index (χ1v) is 13.1. The Morgan fingerprint density at radius 2 is 1.94 bits per heavy atom. The highest BCUT2D eigenvalue weighted by Crippen LogP contribution is 2.36. The van der Waals surface area contributed by atoms with Crippen LogP contribution in [-0.4, -0.2) is 37.7 Å². The average molecular weight is 523 g/mol. The van der Waals surface area contributed by atoms with Crippen LogP contribution in [0.25, 0.3) is 11.8 Å². The zero-order chi connectivity index (χ0) is 25.4. The summed E-state index contributed by atoms with van der Waals surface area (Å²) in [5.41, 5.74) is 4.19. The molecule has 0 aliphatic carbocycles. The quantitative estimate of drug-likeness (QED) is 0.170. The van der Waals surface area contributed by atoms with Crippen LogP contribution in [0.1, 0.15) is 42.0 Å². The monoisotopic (exact) mass is 522 g/mol. The molecule has 0 saturated carbocycles. The van der Waals surface area contributed by atoms with E-state index < -0.39 is 0 Å². The summed E-state index contributed by atoms with van der Waals surface area (Å²) in [4.78, 5) is 28.9. The Hall–Kier alpha value is -3.37. The Kier molecular flexibility index (Phi) is 6.72. The van der Waals surface area contributed by atoms with Gasteiger partial charge in [-0.1, -0.05) is 24.0 Å².